The summed E-state index contributed by atoms with van der Waals surface area (Å²) >= 11 is 0. The number of nitrogens with two attached hydrogens (primary N) is 1. The van der Waals surface area contributed by atoms with E-state index in [4.69, 9.17) is 11.1 Å². The second kappa shape index (κ2) is 2.86. The van der Waals surface area contributed by atoms with Crippen LogP contribution in [0.4, 0.5) is 0 Å². The minimum atomic E-state index is 0.0887. The van der Waals surface area contributed by atoms with Crippen LogP contribution in [0.25, 0.3) is 10.8 Å². The normalized spacial score (nSPS) is 10.2. The van der Waals surface area contributed by atoms with Crippen molar-refractivity contribution in [3.8, 4) is 0 Å². The van der Waals surface area contributed by atoms with Gasteiger partial charge in [-0.2, -0.15) is 0 Å². The van der Waals surface area contributed by atoms with Crippen molar-refractivity contribution >= 4 is 16.6 Å². The van der Waals surface area contributed by atoms with Crippen molar-refractivity contribution in [2.24, 2.45) is 5.73 Å². The molecular weight excluding hydrogens is 162 g/mol. The molecule has 0 radical (unpaired) electrons. The molecule has 0 saturated heterocycles. The largest absolute Gasteiger partial charge is 0.384 e. The van der Waals surface area contributed by atoms with Crippen LogP contribution in [0.1, 0.15) is 5.56 Å². The fraction of sp³-hybridized carbons (Fsp3) is 0. The third-order valence-electron chi connectivity index (χ3n) is 1.95. The van der Waals surface area contributed by atoms with Gasteiger partial charge in [0.05, 0.1) is 0 Å². The first-order chi connectivity index (χ1) is 6.27. The van der Waals surface area contributed by atoms with E-state index in [0.717, 1.165) is 16.3 Å². The lowest BCUT2D eigenvalue weighted by Crippen LogP contribution is -2.10. The molecule has 0 amide bonds. The standard InChI is InChI=1S/C10H9N3/c11-10(12)8-2-1-7-3-4-13-6-9(7)5-8/h1-6H,(H3,11,12). The predicted octanol–water partition coefficient (Wildman–Crippen LogP) is 1.52. The van der Waals surface area contributed by atoms with Crippen LogP contribution in [0.15, 0.2) is 36.7 Å². The average molecular weight is 171 g/mol. The van der Waals surface area contributed by atoms with E-state index in [1.165, 1.54) is 0 Å². The smallest absolute Gasteiger partial charge is 0.122 e. The van der Waals surface area contributed by atoms with Crippen LogP contribution in [0.2, 0.25) is 0 Å². The molecule has 0 aliphatic rings. The Kier molecular flexibility index (Phi) is 1.70. The lowest BCUT2D eigenvalue weighted by atomic mass is 10.1. The molecule has 64 valence electrons. The van der Waals surface area contributed by atoms with Gasteiger partial charge in [0, 0.05) is 23.3 Å². The van der Waals surface area contributed by atoms with Crippen LogP contribution < -0.4 is 5.73 Å². The summed E-state index contributed by atoms with van der Waals surface area (Å²) in [7, 11) is 0. The van der Waals surface area contributed by atoms with Gasteiger partial charge in [-0.3, -0.25) is 10.4 Å². The maximum atomic E-state index is 7.27. The fourth-order valence-corrected chi connectivity index (χ4v) is 1.25. The van der Waals surface area contributed by atoms with Crippen molar-refractivity contribution in [2.45, 2.75) is 0 Å². The van der Waals surface area contributed by atoms with E-state index in [2.05, 4.69) is 4.98 Å². The zero-order chi connectivity index (χ0) is 9.26. The lowest BCUT2D eigenvalue weighted by molar-refractivity contribution is 1.36. The van der Waals surface area contributed by atoms with Gasteiger partial charge in [0.15, 0.2) is 0 Å². The van der Waals surface area contributed by atoms with Gasteiger partial charge in [-0.25, -0.2) is 0 Å². The summed E-state index contributed by atoms with van der Waals surface area (Å²) in [4.78, 5) is 4.00. The molecule has 0 atom stereocenters. The zero-order valence-corrected chi connectivity index (χ0v) is 6.99. The topological polar surface area (TPSA) is 62.8 Å². The highest BCUT2D eigenvalue weighted by atomic mass is 14.7. The summed E-state index contributed by atoms with van der Waals surface area (Å²) in [6.07, 6.45) is 3.51. The van der Waals surface area contributed by atoms with E-state index in [1.807, 2.05) is 24.3 Å². The Hall–Kier alpha value is -1.90. The SMILES string of the molecule is N=C(N)c1ccc2ccncc2c1. The highest BCUT2D eigenvalue weighted by Crippen LogP contribution is 2.13. The Morgan fingerprint density at radius 1 is 1.23 bits per heavy atom. The molecule has 2 rings (SSSR count). The number of fused-ring (bicyclic) bond motifs is 1. The van der Waals surface area contributed by atoms with E-state index in [-0.39, 0.29) is 5.84 Å². The summed E-state index contributed by atoms with van der Waals surface area (Å²) in [5, 5.41) is 9.39. The van der Waals surface area contributed by atoms with Gasteiger partial charge in [0.2, 0.25) is 0 Å². The minimum absolute atomic E-state index is 0.0887. The molecule has 3 heteroatoms. The second-order valence-electron chi connectivity index (χ2n) is 2.85. The van der Waals surface area contributed by atoms with Gasteiger partial charge in [0.1, 0.15) is 5.84 Å². The molecular formula is C10H9N3. The summed E-state index contributed by atoms with van der Waals surface area (Å²) in [6.45, 7) is 0. The Bertz CT molecular complexity index is 462. The number of aromatic nitrogens is 1. The third-order valence-corrected chi connectivity index (χ3v) is 1.95. The maximum absolute atomic E-state index is 7.27. The number of hydrogen-bond acceptors (Lipinski definition) is 2. The van der Waals surface area contributed by atoms with Crippen molar-refractivity contribution in [1.29, 1.82) is 5.41 Å². The van der Waals surface area contributed by atoms with Crippen LogP contribution in [-0.2, 0) is 0 Å². The molecule has 0 aliphatic heterocycles. The summed E-state index contributed by atoms with van der Waals surface area (Å²) in [6, 6.07) is 7.57. The van der Waals surface area contributed by atoms with Crippen molar-refractivity contribution < 1.29 is 0 Å². The van der Waals surface area contributed by atoms with Crippen molar-refractivity contribution in [1.82, 2.24) is 4.98 Å². The molecule has 13 heavy (non-hydrogen) atoms. The highest BCUT2D eigenvalue weighted by molar-refractivity contribution is 5.98. The fourth-order valence-electron chi connectivity index (χ4n) is 1.25. The second-order valence-corrected chi connectivity index (χ2v) is 2.85. The molecule has 3 N–H and O–H groups in total. The van der Waals surface area contributed by atoms with E-state index < -0.39 is 0 Å². The van der Waals surface area contributed by atoms with Crippen LogP contribution in [0, 0.1) is 5.41 Å². The Morgan fingerprint density at radius 2 is 2.08 bits per heavy atom. The van der Waals surface area contributed by atoms with Crippen LogP contribution in [-0.4, -0.2) is 10.8 Å². The highest BCUT2D eigenvalue weighted by Gasteiger charge is 1.97. The molecule has 2 aromatic rings. The summed E-state index contributed by atoms with van der Waals surface area (Å²) in [5.74, 6) is 0.0887. The molecule has 1 aromatic heterocycles. The van der Waals surface area contributed by atoms with Gasteiger partial charge in [-0.1, -0.05) is 12.1 Å². The quantitative estimate of drug-likeness (QED) is 0.504. The van der Waals surface area contributed by atoms with Gasteiger partial charge in [-0.15, -0.1) is 0 Å². The monoisotopic (exact) mass is 171 g/mol. The lowest BCUT2D eigenvalue weighted by Gasteiger charge is -2.00. The zero-order valence-electron chi connectivity index (χ0n) is 6.99. The molecule has 0 bridgehead atoms. The first-order valence-electron chi connectivity index (χ1n) is 3.95. The van der Waals surface area contributed by atoms with Gasteiger partial charge in [0.25, 0.3) is 0 Å². The first kappa shape index (κ1) is 7.73. The Morgan fingerprint density at radius 3 is 2.85 bits per heavy atom. The molecule has 3 nitrogen and oxygen atoms in total. The van der Waals surface area contributed by atoms with Crippen molar-refractivity contribution in [3.05, 3.63) is 42.2 Å². The molecule has 0 spiro atoms. The van der Waals surface area contributed by atoms with E-state index in [0.29, 0.717) is 0 Å². The molecule has 0 fully saturated rings. The van der Waals surface area contributed by atoms with Crippen molar-refractivity contribution in [3.63, 3.8) is 0 Å². The number of nitrogens with zero attached hydrogens (tertiary/aromatic N) is 1. The number of amidine groups is 1. The molecule has 1 heterocycles. The first-order valence-corrected chi connectivity index (χ1v) is 3.95. The van der Waals surface area contributed by atoms with E-state index >= 15 is 0 Å². The van der Waals surface area contributed by atoms with Crippen LogP contribution in [0.5, 0.6) is 0 Å². The molecule has 1 aromatic carbocycles. The Labute approximate surface area is 75.7 Å². The number of nitrogen functional groups attached to an aromatic ring is 1. The summed E-state index contributed by atoms with van der Waals surface area (Å²) < 4.78 is 0. The van der Waals surface area contributed by atoms with Gasteiger partial charge < -0.3 is 5.73 Å². The number of pyridine rings is 1. The van der Waals surface area contributed by atoms with Gasteiger partial charge in [-0.05, 0) is 17.5 Å². The molecule has 0 aliphatic carbocycles. The summed E-state index contributed by atoms with van der Waals surface area (Å²) in [5.41, 5.74) is 6.10. The minimum Gasteiger partial charge on any atom is -0.384 e. The number of rotatable bonds is 1. The maximum Gasteiger partial charge on any atom is 0.122 e. The van der Waals surface area contributed by atoms with Crippen molar-refractivity contribution in [2.75, 3.05) is 0 Å². The average Bonchev–Trinajstić information content (AvgIpc) is 2.17. The van der Waals surface area contributed by atoms with Crippen LogP contribution in [0.3, 0.4) is 0 Å². The van der Waals surface area contributed by atoms with E-state index in [1.54, 1.807) is 12.4 Å². The number of benzene rings is 1. The van der Waals surface area contributed by atoms with Gasteiger partial charge >= 0.3 is 0 Å². The number of nitrogens with one attached hydrogen (secondary N) is 1. The number of hydrogen-bond donors (Lipinski definition) is 2. The predicted molar refractivity (Wildman–Crippen MR) is 52.8 cm³/mol. The molecule has 0 unspecified atom stereocenters. The van der Waals surface area contributed by atoms with Crippen LogP contribution >= 0.6 is 0 Å². The molecule has 0 saturated carbocycles. The Balaban J connectivity index is 2.69. The third kappa shape index (κ3) is 1.36. The van der Waals surface area contributed by atoms with E-state index in [9.17, 15) is 0 Å².